The van der Waals surface area contributed by atoms with Gasteiger partial charge in [0, 0.05) is 10.7 Å². The number of hydrogen-bond acceptors (Lipinski definition) is 6. The number of benzene rings is 3. The van der Waals surface area contributed by atoms with Gasteiger partial charge in [-0.1, -0.05) is 23.7 Å². The van der Waals surface area contributed by atoms with Crippen LogP contribution >= 0.6 is 46.0 Å². The maximum atomic E-state index is 12.5. The number of amidine groups is 1. The molecule has 1 fully saturated rings. The highest BCUT2D eigenvalue weighted by Gasteiger charge is 2.24. The number of anilines is 1. The number of aliphatic imine (C=N–C) groups is 1. The van der Waals surface area contributed by atoms with Crippen molar-refractivity contribution in [2.24, 2.45) is 4.99 Å². The van der Waals surface area contributed by atoms with E-state index in [4.69, 9.17) is 21.1 Å². The van der Waals surface area contributed by atoms with Crippen LogP contribution in [0, 0.1) is 10.5 Å². The van der Waals surface area contributed by atoms with E-state index in [0.29, 0.717) is 38.0 Å². The normalized spacial score (nSPS) is 15.2. The molecule has 1 saturated heterocycles. The molecular weight excluding hydrogens is 613 g/mol. The Hall–Kier alpha value is -3.02. The summed E-state index contributed by atoms with van der Waals surface area (Å²) in [6.45, 7) is 1.78. The van der Waals surface area contributed by atoms with E-state index in [1.54, 1.807) is 36.4 Å². The van der Waals surface area contributed by atoms with Gasteiger partial charge in [-0.3, -0.25) is 9.59 Å². The second kappa shape index (κ2) is 11.8. The van der Waals surface area contributed by atoms with Crippen LogP contribution in [0.1, 0.15) is 11.1 Å². The summed E-state index contributed by atoms with van der Waals surface area (Å²) in [6.07, 6.45) is 1.75. The number of hydrogen-bond donors (Lipinski definition) is 2. The molecule has 4 rings (SSSR count). The van der Waals surface area contributed by atoms with Crippen LogP contribution in [-0.4, -0.2) is 30.7 Å². The lowest BCUT2D eigenvalue weighted by Gasteiger charge is -2.14. The Morgan fingerprint density at radius 2 is 1.97 bits per heavy atom. The van der Waals surface area contributed by atoms with Crippen LogP contribution in [0.4, 0.5) is 11.4 Å². The number of ether oxygens (including phenoxy) is 2. The van der Waals surface area contributed by atoms with Crippen LogP contribution in [-0.2, 0) is 9.59 Å². The third kappa shape index (κ3) is 6.80. The summed E-state index contributed by atoms with van der Waals surface area (Å²) in [4.78, 5) is 29.8. The first-order valence-electron chi connectivity index (χ1n) is 10.7. The molecule has 3 aromatic rings. The lowest BCUT2D eigenvalue weighted by Crippen LogP contribution is -2.20. The number of carbonyl (C=O) groups excluding carboxylic acids is 2. The molecular formula is C26H21ClIN3O4S. The molecule has 0 unspecified atom stereocenters. The fourth-order valence-corrected chi connectivity index (χ4v) is 5.03. The van der Waals surface area contributed by atoms with E-state index in [9.17, 15) is 9.59 Å². The van der Waals surface area contributed by atoms with Gasteiger partial charge < -0.3 is 20.1 Å². The van der Waals surface area contributed by atoms with Crippen molar-refractivity contribution >= 4 is 80.4 Å². The number of nitrogens with one attached hydrogen (secondary N) is 2. The molecule has 0 radical (unpaired) electrons. The first kappa shape index (κ1) is 26.1. The summed E-state index contributed by atoms with van der Waals surface area (Å²) in [6, 6.07) is 18.2. The van der Waals surface area contributed by atoms with Gasteiger partial charge in [-0.05, 0) is 107 Å². The van der Waals surface area contributed by atoms with Crippen molar-refractivity contribution in [1.29, 1.82) is 0 Å². The van der Waals surface area contributed by atoms with Crippen LogP contribution in [0.5, 0.6) is 11.5 Å². The van der Waals surface area contributed by atoms with Crippen molar-refractivity contribution in [1.82, 2.24) is 5.32 Å². The monoisotopic (exact) mass is 633 g/mol. The summed E-state index contributed by atoms with van der Waals surface area (Å²) in [5.74, 6) is 0.384. The molecule has 184 valence electrons. The Morgan fingerprint density at radius 3 is 2.69 bits per heavy atom. The van der Waals surface area contributed by atoms with Crippen molar-refractivity contribution < 1.29 is 19.1 Å². The molecule has 1 aliphatic rings. The average molecular weight is 634 g/mol. The Bertz CT molecular complexity index is 1380. The summed E-state index contributed by atoms with van der Waals surface area (Å²) in [5, 5.41) is 6.68. The molecule has 1 heterocycles. The minimum Gasteiger partial charge on any atom is -0.493 e. The molecule has 1 aliphatic heterocycles. The van der Waals surface area contributed by atoms with Crippen molar-refractivity contribution in [2.45, 2.75) is 6.92 Å². The number of thioether (sulfide) groups is 1. The number of nitrogens with zero attached hydrogens (tertiary/aromatic N) is 1. The third-order valence-corrected chi connectivity index (χ3v) is 6.87. The topological polar surface area (TPSA) is 89.0 Å². The molecule has 2 amide bonds. The van der Waals surface area contributed by atoms with Crippen LogP contribution in [0.3, 0.4) is 0 Å². The number of halogens is 2. The molecule has 0 saturated carbocycles. The second-order valence-corrected chi connectivity index (χ2v) is 10.3. The average Bonchev–Trinajstić information content (AvgIpc) is 3.17. The van der Waals surface area contributed by atoms with Gasteiger partial charge in [0.2, 0.25) is 0 Å². The number of carbonyl (C=O) groups is 2. The summed E-state index contributed by atoms with van der Waals surface area (Å²) in [5.41, 5.74) is 3.19. The Labute approximate surface area is 231 Å². The highest BCUT2D eigenvalue weighted by Crippen LogP contribution is 2.36. The second-order valence-electron chi connectivity index (χ2n) is 7.70. The number of rotatable bonds is 7. The molecule has 0 aliphatic carbocycles. The Morgan fingerprint density at radius 1 is 1.19 bits per heavy atom. The van der Waals surface area contributed by atoms with E-state index in [0.717, 1.165) is 14.7 Å². The van der Waals surface area contributed by atoms with Crippen LogP contribution in [0.15, 0.2) is 70.6 Å². The van der Waals surface area contributed by atoms with Gasteiger partial charge >= 0.3 is 0 Å². The van der Waals surface area contributed by atoms with Crippen molar-refractivity contribution in [2.75, 3.05) is 19.0 Å². The van der Waals surface area contributed by atoms with Crippen molar-refractivity contribution in [3.63, 3.8) is 0 Å². The van der Waals surface area contributed by atoms with Crippen molar-refractivity contribution in [3.8, 4) is 11.5 Å². The smallest absolute Gasteiger partial charge is 0.264 e. The maximum Gasteiger partial charge on any atom is 0.264 e. The van der Waals surface area contributed by atoms with Gasteiger partial charge in [0.1, 0.15) is 0 Å². The third-order valence-electron chi connectivity index (χ3n) is 4.91. The van der Waals surface area contributed by atoms with Gasteiger partial charge in [0.05, 0.1) is 21.3 Å². The standard InChI is InChI=1S/C26H21ClIN3O4S/c1-15-4-3-5-19(10-15)29-23(32)14-35-24-20(28)11-16(12-21(24)34-2)13-22-25(33)31-26(36-22)30-18-8-6-17(27)7-9-18/h3-13H,14H2,1-2H3,(H,29,32)(H,30,31,33)/b22-13-. The minimum absolute atomic E-state index is 0.177. The molecule has 0 aromatic heterocycles. The Balaban J connectivity index is 1.46. The fourth-order valence-electron chi connectivity index (χ4n) is 3.29. The zero-order valence-corrected chi connectivity index (χ0v) is 23.0. The van der Waals surface area contributed by atoms with E-state index < -0.39 is 0 Å². The predicted octanol–water partition coefficient (Wildman–Crippen LogP) is 6.17. The fraction of sp³-hybridized carbons (Fsp3) is 0.115. The van der Waals surface area contributed by atoms with Gasteiger partial charge in [0.25, 0.3) is 11.8 Å². The maximum absolute atomic E-state index is 12.5. The molecule has 2 N–H and O–H groups in total. The number of methoxy groups -OCH3 is 1. The van der Waals surface area contributed by atoms with Gasteiger partial charge in [-0.2, -0.15) is 0 Å². The Kier molecular flexibility index (Phi) is 8.55. The van der Waals surface area contributed by atoms with Crippen LogP contribution in [0.25, 0.3) is 6.08 Å². The first-order chi connectivity index (χ1) is 17.3. The summed E-state index contributed by atoms with van der Waals surface area (Å²) >= 11 is 9.27. The van der Waals surface area contributed by atoms with Crippen LogP contribution in [0.2, 0.25) is 5.02 Å². The SMILES string of the molecule is COc1cc(/C=C2\SC(=Nc3ccc(Cl)cc3)NC2=O)cc(I)c1OCC(=O)Nc1cccc(C)c1. The van der Waals surface area contributed by atoms with E-state index in [1.807, 2.05) is 37.3 Å². The first-order valence-corrected chi connectivity index (χ1v) is 13.0. The summed E-state index contributed by atoms with van der Waals surface area (Å²) < 4.78 is 12.0. The van der Waals surface area contributed by atoms with E-state index >= 15 is 0 Å². The van der Waals surface area contributed by atoms with Crippen LogP contribution < -0.4 is 20.1 Å². The highest BCUT2D eigenvalue weighted by atomic mass is 127. The highest BCUT2D eigenvalue weighted by molar-refractivity contribution is 14.1. The number of amides is 2. The van der Waals surface area contributed by atoms with E-state index in [-0.39, 0.29) is 18.4 Å². The van der Waals surface area contributed by atoms with Crippen molar-refractivity contribution in [3.05, 3.63) is 85.3 Å². The molecule has 0 atom stereocenters. The van der Waals surface area contributed by atoms with Gasteiger partial charge in [0.15, 0.2) is 23.3 Å². The van der Waals surface area contributed by atoms with E-state index in [1.165, 1.54) is 18.9 Å². The van der Waals surface area contributed by atoms with Gasteiger partial charge in [-0.25, -0.2) is 4.99 Å². The molecule has 7 nitrogen and oxygen atoms in total. The molecule has 0 bridgehead atoms. The largest absolute Gasteiger partial charge is 0.493 e. The zero-order chi connectivity index (χ0) is 25.7. The molecule has 0 spiro atoms. The predicted molar refractivity (Wildman–Crippen MR) is 153 cm³/mol. The molecule has 36 heavy (non-hydrogen) atoms. The van der Waals surface area contributed by atoms with E-state index in [2.05, 4.69) is 38.2 Å². The minimum atomic E-state index is -0.281. The lowest BCUT2D eigenvalue weighted by molar-refractivity contribution is -0.118. The zero-order valence-electron chi connectivity index (χ0n) is 19.3. The quantitative estimate of drug-likeness (QED) is 0.240. The van der Waals surface area contributed by atoms with Gasteiger partial charge in [-0.15, -0.1) is 0 Å². The number of aryl methyl sites for hydroxylation is 1. The lowest BCUT2D eigenvalue weighted by atomic mass is 10.2. The summed E-state index contributed by atoms with van der Waals surface area (Å²) in [7, 11) is 1.52. The molecule has 3 aromatic carbocycles. The molecule has 10 heteroatoms.